The first-order chi connectivity index (χ1) is 13.8. The van der Waals surface area contributed by atoms with Crippen molar-refractivity contribution in [3.8, 4) is 22.3 Å². The van der Waals surface area contributed by atoms with Crippen LogP contribution in [0.4, 0.5) is 4.79 Å². The number of carbonyl (C=O) groups excluding carboxylic acids is 1. The van der Waals surface area contributed by atoms with Gasteiger partial charge in [-0.15, -0.1) is 11.3 Å². The van der Waals surface area contributed by atoms with Gasteiger partial charge in [-0.3, -0.25) is 0 Å². The first-order valence-corrected chi connectivity index (χ1v) is 9.93. The molecule has 2 aliphatic heterocycles. The van der Waals surface area contributed by atoms with Crippen molar-refractivity contribution >= 4 is 17.4 Å². The number of urea groups is 1. The fourth-order valence-electron chi connectivity index (χ4n) is 3.40. The highest BCUT2D eigenvalue weighted by molar-refractivity contribution is 7.13. The first kappa shape index (κ1) is 17.1. The minimum atomic E-state index is -0.0952. The molecule has 2 aliphatic rings. The fourth-order valence-corrected chi connectivity index (χ4v) is 4.04. The lowest BCUT2D eigenvalue weighted by Gasteiger charge is -2.17. The standard InChI is InChI=1S/C19H18N4O4S/c24-19(20-9-12-3-4-14-15(8-12)26-11-25-14)23-6-5-13(10-23)17-21-18(27-22-17)16-2-1-7-28-16/h1-4,7-8,13H,5-6,9-11H2,(H,20,24)/t13-/m0/s1. The van der Waals surface area contributed by atoms with E-state index in [0.29, 0.717) is 37.1 Å². The molecule has 0 saturated carbocycles. The molecule has 3 aromatic rings. The molecule has 0 unspecified atom stereocenters. The summed E-state index contributed by atoms with van der Waals surface area (Å²) in [6.07, 6.45) is 0.820. The third kappa shape index (κ3) is 3.29. The Morgan fingerprint density at radius 3 is 3.11 bits per heavy atom. The highest BCUT2D eigenvalue weighted by Gasteiger charge is 2.30. The second kappa shape index (κ2) is 7.16. The average Bonchev–Trinajstić information content (AvgIpc) is 3.50. The Bertz CT molecular complexity index is 988. The number of nitrogens with one attached hydrogen (secondary N) is 1. The molecule has 5 rings (SSSR count). The van der Waals surface area contributed by atoms with Crippen molar-refractivity contribution in [1.29, 1.82) is 0 Å². The molecule has 1 fully saturated rings. The molecule has 0 spiro atoms. The number of amides is 2. The largest absolute Gasteiger partial charge is 0.454 e. The number of hydrogen-bond acceptors (Lipinski definition) is 7. The van der Waals surface area contributed by atoms with Crippen LogP contribution in [0.3, 0.4) is 0 Å². The van der Waals surface area contributed by atoms with Crippen LogP contribution in [0.5, 0.6) is 11.5 Å². The first-order valence-electron chi connectivity index (χ1n) is 9.05. The molecule has 0 bridgehead atoms. The Balaban J connectivity index is 1.17. The molecule has 144 valence electrons. The van der Waals surface area contributed by atoms with Crippen LogP contribution in [0.2, 0.25) is 0 Å². The van der Waals surface area contributed by atoms with Crippen LogP contribution in [0.1, 0.15) is 23.7 Å². The number of carbonyl (C=O) groups is 1. The van der Waals surface area contributed by atoms with E-state index in [1.54, 1.807) is 16.2 Å². The summed E-state index contributed by atoms with van der Waals surface area (Å²) in [4.78, 5) is 19.8. The second-order valence-corrected chi connectivity index (χ2v) is 7.66. The van der Waals surface area contributed by atoms with Crippen molar-refractivity contribution in [2.45, 2.75) is 18.9 Å². The monoisotopic (exact) mass is 398 g/mol. The number of nitrogens with zero attached hydrogens (tertiary/aromatic N) is 3. The molecule has 9 heteroatoms. The zero-order valence-electron chi connectivity index (χ0n) is 15.0. The van der Waals surface area contributed by atoms with Gasteiger partial charge in [0.1, 0.15) is 0 Å². The van der Waals surface area contributed by atoms with Gasteiger partial charge in [0.15, 0.2) is 17.3 Å². The molecule has 1 saturated heterocycles. The summed E-state index contributed by atoms with van der Waals surface area (Å²) >= 11 is 1.56. The lowest BCUT2D eigenvalue weighted by atomic mass is 10.1. The maximum Gasteiger partial charge on any atom is 0.317 e. The lowest BCUT2D eigenvalue weighted by molar-refractivity contribution is 0.174. The molecule has 1 atom stereocenters. The quantitative estimate of drug-likeness (QED) is 0.726. The Morgan fingerprint density at radius 2 is 2.21 bits per heavy atom. The van der Waals surface area contributed by atoms with Crippen molar-refractivity contribution in [2.24, 2.45) is 0 Å². The molecule has 8 nitrogen and oxygen atoms in total. The summed E-state index contributed by atoms with van der Waals surface area (Å²) in [6.45, 7) is 1.92. The van der Waals surface area contributed by atoms with E-state index in [1.807, 2.05) is 35.7 Å². The van der Waals surface area contributed by atoms with E-state index in [9.17, 15) is 4.79 Å². The number of ether oxygens (including phenoxy) is 2. The van der Waals surface area contributed by atoms with E-state index in [0.717, 1.165) is 22.6 Å². The van der Waals surface area contributed by atoms with E-state index in [1.165, 1.54) is 0 Å². The number of fused-ring (bicyclic) bond motifs is 1. The van der Waals surface area contributed by atoms with Crippen LogP contribution in [0.15, 0.2) is 40.2 Å². The number of likely N-dealkylation sites (tertiary alicyclic amines) is 1. The van der Waals surface area contributed by atoms with Crippen molar-refractivity contribution < 1.29 is 18.8 Å². The van der Waals surface area contributed by atoms with Gasteiger partial charge in [0, 0.05) is 25.6 Å². The predicted molar refractivity (Wildman–Crippen MR) is 101 cm³/mol. The molecule has 1 N–H and O–H groups in total. The molecule has 2 amide bonds. The van der Waals surface area contributed by atoms with Gasteiger partial charge in [-0.25, -0.2) is 4.79 Å². The summed E-state index contributed by atoms with van der Waals surface area (Å²) in [5, 5.41) is 9.04. The van der Waals surface area contributed by atoms with Crippen molar-refractivity contribution in [3.05, 3.63) is 47.1 Å². The Hall–Kier alpha value is -3.07. The molecular weight excluding hydrogens is 380 g/mol. The maximum atomic E-state index is 12.5. The smallest absolute Gasteiger partial charge is 0.317 e. The van der Waals surface area contributed by atoms with Crippen molar-refractivity contribution in [3.63, 3.8) is 0 Å². The predicted octanol–water partition coefficient (Wildman–Crippen LogP) is 3.23. The molecular formula is C19H18N4O4S. The minimum Gasteiger partial charge on any atom is -0.454 e. The number of hydrogen-bond donors (Lipinski definition) is 1. The number of benzene rings is 1. The maximum absolute atomic E-state index is 12.5. The van der Waals surface area contributed by atoms with Crippen molar-refractivity contribution in [2.75, 3.05) is 19.9 Å². The Kier molecular flexibility index (Phi) is 4.36. The summed E-state index contributed by atoms with van der Waals surface area (Å²) in [7, 11) is 0. The third-order valence-electron chi connectivity index (χ3n) is 4.90. The van der Waals surface area contributed by atoms with Crippen LogP contribution in [-0.2, 0) is 6.54 Å². The van der Waals surface area contributed by atoms with E-state index in [2.05, 4.69) is 15.5 Å². The van der Waals surface area contributed by atoms with E-state index in [-0.39, 0.29) is 18.7 Å². The van der Waals surface area contributed by atoms with E-state index < -0.39 is 0 Å². The minimum absolute atomic E-state index is 0.0914. The summed E-state index contributed by atoms with van der Waals surface area (Å²) < 4.78 is 16.0. The van der Waals surface area contributed by atoms with Crippen LogP contribution in [-0.4, -0.2) is 41.0 Å². The van der Waals surface area contributed by atoms with Crippen LogP contribution < -0.4 is 14.8 Å². The van der Waals surface area contributed by atoms with Gasteiger partial charge in [0.2, 0.25) is 6.79 Å². The second-order valence-electron chi connectivity index (χ2n) is 6.71. The highest BCUT2D eigenvalue weighted by Crippen LogP contribution is 2.32. The van der Waals surface area contributed by atoms with Gasteiger partial charge >= 0.3 is 6.03 Å². The molecule has 0 aliphatic carbocycles. The summed E-state index contributed by atoms with van der Waals surface area (Å²) in [6, 6.07) is 9.48. The van der Waals surface area contributed by atoms with Crippen molar-refractivity contribution in [1.82, 2.24) is 20.4 Å². The van der Waals surface area contributed by atoms with Crippen LogP contribution >= 0.6 is 11.3 Å². The van der Waals surface area contributed by atoms with Gasteiger partial charge in [-0.1, -0.05) is 17.3 Å². The topological polar surface area (TPSA) is 89.7 Å². The van der Waals surface area contributed by atoms with Gasteiger partial charge in [0.05, 0.1) is 4.88 Å². The van der Waals surface area contributed by atoms with E-state index in [4.69, 9.17) is 14.0 Å². The zero-order valence-corrected chi connectivity index (χ0v) is 15.8. The van der Waals surface area contributed by atoms with Gasteiger partial charge in [0.25, 0.3) is 5.89 Å². The van der Waals surface area contributed by atoms with Gasteiger partial charge < -0.3 is 24.2 Å². The lowest BCUT2D eigenvalue weighted by Crippen LogP contribution is -2.38. The fraction of sp³-hybridized carbons (Fsp3) is 0.316. The Labute approximate surface area is 165 Å². The van der Waals surface area contributed by atoms with Gasteiger partial charge in [-0.05, 0) is 35.6 Å². The third-order valence-corrected chi connectivity index (χ3v) is 5.75. The van der Waals surface area contributed by atoms with Gasteiger partial charge in [-0.2, -0.15) is 4.98 Å². The van der Waals surface area contributed by atoms with E-state index >= 15 is 0 Å². The van der Waals surface area contributed by atoms with Crippen LogP contribution in [0, 0.1) is 0 Å². The molecule has 28 heavy (non-hydrogen) atoms. The SMILES string of the molecule is O=C(NCc1ccc2c(c1)OCO2)N1CC[C@H](c2noc(-c3cccs3)n2)C1. The number of thiophene rings is 1. The van der Waals surface area contributed by atoms with Crippen LogP contribution in [0.25, 0.3) is 10.8 Å². The number of aromatic nitrogens is 2. The summed E-state index contributed by atoms with van der Waals surface area (Å²) in [5.74, 6) is 2.74. The molecule has 4 heterocycles. The zero-order chi connectivity index (χ0) is 18.9. The molecule has 2 aromatic heterocycles. The molecule has 0 radical (unpaired) electrons. The highest BCUT2D eigenvalue weighted by atomic mass is 32.1. The summed E-state index contributed by atoms with van der Waals surface area (Å²) in [5.41, 5.74) is 0.965. The normalized spacial score (nSPS) is 17.9. The number of rotatable bonds is 4. The molecule has 1 aromatic carbocycles. The Morgan fingerprint density at radius 1 is 1.29 bits per heavy atom. The average molecular weight is 398 g/mol.